The number of nitrogens with two attached hydrogens (primary N) is 1. The van der Waals surface area contributed by atoms with Gasteiger partial charge in [0.25, 0.3) is 5.91 Å². The maximum Gasteiger partial charge on any atom is 0.255 e. The summed E-state index contributed by atoms with van der Waals surface area (Å²) in [7, 11) is 0. The van der Waals surface area contributed by atoms with Crippen molar-refractivity contribution in [3.05, 3.63) is 29.8 Å². The quantitative estimate of drug-likeness (QED) is 0.774. The van der Waals surface area contributed by atoms with Crippen molar-refractivity contribution in [1.82, 2.24) is 0 Å². The molecule has 82 valence electrons. The molecule has 2 N–H and O–H groups in total. The first-order valence-corrected chi connectivity index (χ1v) is 5.22. The Balaban J connectivity index is 2.45. The molecule has 0 saturated carbocycles. The van der Waals surface area contributed by atoms with E-state index >= 15 is 0 Å². The molecule has 0 bridgehead atoms. The molecule has 15 heavy (non-hydrogen) atoms. The predicted molar refractivity (Wildman–Crippen MR) is 59.7 cm³/mol. The van der Waals surface area contributed by atoms with E-state index in [-0.39, 0.29) is 6.61 Å². The van der Waals surface area contributed by atoms with Gasteiger partial charge < -0.3 is 10.5 Å². The highest BCUT2D eigenvalue weighted by molar-refractivity contribution is 5.75. The molecule has 3 nitrogen and oxygen atoms in total. The van der Waals surface area contributed by atoms with Crippen LogP contribution in [0.3, 0.4) is 0 Å². The van der Waals surface area contributed by atoms with Crippen molar-refractivity contribution >= 4 is 5.91 Å². The van der Waals surface area contributed by atoms with Gasteiger partial charge in [-0.3, -0.25) is 4.79 Å². The largest absolute Gasteiger partial charge is 0.484 e. The number of ether oxygens (including phenoxy) is 1. The van der Waals surface area contributed by atoms with E-state index < -0.39 is 5.91 Å². The second kappa shape index (κ2) is 6.06. The van der Waals surface area contributed by atoms with Crippen LogP contribution in [0.2, 0.25) is 0 Å². The Kier molecular flexibility index (Phi) is 4.68. The molecule has 0 heterocycles. The number of benzene rings is 1. The monoisotopic (exact) mass is 207 g/mol. The molecule has 0 aliphatic carbocycles. The van der Waals surface area contributed by atoms with Gasteiger partial charge in [-0.15, -0.1) is 0 Å². The molecule has 0 aliphatic rings. The topological polar surface area (TPSA) is 52.3 Å². The van der Waals surface area contributed by atoms with Gasteiger partial charge in [-0.1, -0.05) is 25.5 Å². The normalized spacial score (nSPS) is 9.93. The molecule has 1 amide bonds. The molecule has 0 radical (unpaired) electrons. The summed E-state index contributed by atoms with van der Waals surface area (Å²) < 4.78 is 5.15. The fourth-order valence-corrected chi connectivity index (χ4v) is 1.29. The van der Waals surface area contributed by atoms with E-state index in [0.29, 0.717) is 5.75 Å². The van der Waals surface area contributed by atoms with E-state index in [1.54, 1.807) is 0 Å². The van der Waals surface area contributed by atoms with Gasteiger partial charge in [-0.25, -0.2) is 0 Å². The van der Waals surface area contributed by atoms with Crippen LogP contribution in [0.25, 0.3) is 0 Å². The first-order valence-electron chi connectivity index (χ1n) is 5.22. The molecule has 0 fully saturated rings. The lowest BCUT2D eigenvalue weighted by Crippen LogP contribution is -2.19. The Labute approximate surface area is 90.2 Å². The first kappa shape index (κ1) is 11.6. The maximum atomic E-state index is 10.5. The van der Waals surface area contributed by atoms with Crippen LogP contribution < -0.4 is 10.5 Å². The number of carbonyl (C=O) groups excluding carboxylic acids is 1. The van der Waals surface area contributed by atoms with Gasteiger partial charge in [0.15, 0.2) is 6.61 Å². The third kappa shape index (κ3) is 4.49. The summed E-state index contributed by atoms with van der Waals surface area (Å²) in [6, 6.07) is 7.78. The molecule has 0 aliphatic heterocycles. The summed E-state index contributed by atoms with van der Waals surface area (Å²) in [6.45, 7) is 2.11. The van der Waals surface area contributed by atoms with Crippen LogP contribution in [-0.2, 0) is 11.2 Å². The summed E-state index contributed by atoms with van der Waals surface area (Å²) in [5.41, 5.74) is 6.27. The van der Waals surface area contributed by atoms with E-state index in [9.17, 15) is 4.79 Å². The third-order valence-electron chi connectivity index (χ3n) is 2.12. The Morgan fingerprint density at radius 3 is 2.53 bits per heavy atom. The lowest BCUT2D eigenvalue weighted by Gasteiger charge is -2.04. The van der Waals surface area contributed by atoms with E-state index in [1.165, 1.54) is 18.4 Å². The van der Waals surface area contributed by atoms with Crippen LogP contribution in [0.1, 0.15) is 25.3 Å². The average molecular weight is 207 g/mol. The van der Waals surface area contributed by atoms with E-state index in [2.05, 4.69) is 6.92 Å². The van der Waals surface area contributed by atoms with Crippen LogP contribution in [0.15, 0.2) is 24.3 Å². The van der Waals surface area contributed by atoms with Crippen molar-refractivity contribution in [2.45, 2.75) is 26.2 Å². The van der Waals surface area contributed by atoms with Crippen molar-refractivity contribution in [2.75, 3.05) is 6.61 Å². The zero-order chi connectivity index (χ0) is 11.1. The van der Waals surface area contributed by atoms with Crippen molar-refractivity contribution in [2.24, 2.45) is 5.73 Å². The molecular formula is C12H17NO2. The number of rotatable bonds is 6. The van der Waals surface area contributed by atoms with Crippen LogP contribution in [0.4, 0.5) is 0 Å². The number of unbranched alkanes of at least 4 members (excludes halogenated alkanes) is 1. The summed E-state index contributed by atoms with van der Waals surface area (Å²) in [6.07, 6.45) is 3.48. The minimum absolute atomic E-state index is 0.0612. The standard InChI is InChI=1S/C12H17NO2/c1-2-3-4-10-5-7-11(8-6-10)15-9-12(13)14/h5-8H,2-4,9H2,1H3,(H2,13,14). The van der Waals surface area contributed by atoms with Gasteiger partial charge >= 0.3 is 0 Å². The minimum atomic E-state index is -0.454. The zero-order valence-corrected chi connectivity index (χ0v) is 9.03. The third-order valence-corrected chi connectivity index (χ3v) is 2.12. The summed E-state index contributed by atoms with van der Waals surface area (Å²) in [4.78, 5) is 10.5. The van der Waals surface area contributed by atoms with E-state index in [4.69, 9.17) is 10.5 Å². The summed E-state index contributed by atoms with van der Waals surface area (Å²) >= 11 is 0. The molecule has 1 rings (SSSR count). The molecule has 0 unspecified atom stereocenters. The van der Waals surface area contributed by atoms with Crippen molar-refractivity contribution in [3.63, 3.8) is 0 Å². The highest BCUT2D eigenvalue weighted by atomic mass is 16.5. The highest BCUT2D eigenvalue weighted by Crippen LogP contribution is 2.13. The number of carbonyl (C=O) groups is 1. The van der Waals surface area contributed by atoms with Crippen LogP contribution >= 0.6 is 0 Å². The molecule has 1 aromatic carbocycles. The van der Waals surface area contributed by atoms with Gasteiger partial charge in [0.05, 0.1) is 0 Å². The van der Waals surface area contributed by atoms with Crippen molar-refractivity contribution in [1.29, 1.82) is 0 Å². The minimum Gasteiger partial charge on any atom is -0.484 e. The van der Waals surface area contributed by atoms with Gasteiger partial charge in [0.2, 0.25) is 0 Å². The zero-order valence-electron chi connectivity index (χ0n) is 9.03. The van der Waals surface area contributed by atoms with Crippen LogP contribution in [0.5, 0.6) is 5.75 Å². The molecule has 0 aromatic heterocycles. The Morgan fingerprint density at radius 1 is 1.33 bits per heavy atom. The van der Waals surface area contributed by atoms with Gasteiger partial charge in [-0.2, -0.15) is 0 Å². The smallest absolute Gasteiger partial charge is 0.255 e. The Morgan fingerprint density at radius 2 is 2.00 bits per heavy atom. The number of primary amides is 1. The fraction of sp³-hybridized carbons (Fsp3) is 0.417. The van der Waals surface area contributed by atoms with Crippen molar-refractivity contribution in [3.8, 4) is 5.75 Å². The van der Waals surface area contributed by atoms with Crippen LogP contribution in [0, 0.1) is 0 Å². The average Bonchev–Trinajstić information content (AvgIpc) is 2.25. The summed E-state index contributed by atoms with van der Waals surface area (Å²) in [5.74, 6) is 0.235. The number of amides is 1. The molecule has 0 saturated heterocycles. The highest BCUT2D eigenvalue weighted by Gasteiger charge is 1.97. The van der Waals surface area contributed by atoms with Gasteiger partial charge in [-0.05, 0) is 30.5 Å². The molecular weight excluding hydrogens is 190 g/mol. The Bertz CT molecular complexity index is 306. The maximum absolute atomic E-state index is 10.5. The second-order valence-corrected chi connectivity index (χ2v) is 3.50. The molecule has 3 heteroatoms. The number of hydrogen-bond donors (Lipinski definition) is 1. The fourth-order valence-electron chi connectivity index (χ4n) is 1.29. The summed E-state index contributed by atoms with van der Waals surface area (Å²) in [5, 5.41) is 0. The lowest BCUT2D eigenvalue weighted by molar-refractivity contribution is -0.119. The van der Waals surface area contributed by atoms with E-state index in [0.717, 1.165) is 6.42 Å². The molecule has 0 atom stereocenters. The Hall–Kier alpha value is -1.51. The van der Waals surface area contributed by atoms with Crippen molar-refractivity contribution < 1.29 is 9.53 Å². The second-order valence-electron chi connectivity index (χ2n) is 3.50. The van der Waals surface area contributed by atoms with Gasteiger partial charge in [0, 0.05) is 0 Å². The molecule has 0 spiro atoms. The van der Waals surface area contributed by atoms with Gasteiger partial charge in [0.1, 0.15) is 5.75 Å². The molecule has 1 aromatic rings. The lowest BCUT2D eigenvalue weighted by atomic mass is 10.1. The number of hydrogen-bond acceptors (Lipinski definition) is 2. The number of aryl methyl sites for hydroxylation is 1. The van der Waals surface area contributed by atoms with Crippen LogP contribution in [-0.4, -0.2) is 12.5 Å². The van der Waals surface area contributed by atoms with E-state index in [1.807, 2.05) is 24.3 Å². The first-order chi connectivity index (χ1) is 7.22. The SMILES string of the molecule is CCCCc1ccc(OCC(N)=O)cc1. The predicted octanol–water partition coefficient (Wildman–Crippen LogP) is 1.89.